The number of ether oxygens (including phenoxy) is 2. The van der Waals surface area contributed by atoms with Gasteiger partial charge >= 0.3 is 0 Å². The fourth-order valence-electron chi connectivity index (χ4n) is 3.90. The maximum Gasteiger partial charge on any atom is 0.147 e. The minimum absolute atomic E-state index is 0.189. The molecule has 8 heteroatoms. The Hall–Kier alpha value is -1.48. The van der Waals surface area contributed by atoms with Crippen molar-refractivity contribution in [3.63, 3.8) is 0 Å². The van der Waals surface area contributed by atoms with E-state index in [1.807, 2.05) is 0 Å². The minimum atomic E-state index is -0.189. The normalized spacial score (nSPS) is 19.6. The summed E-state index contributed by atoms with van der Waals surface area (Å²) in [6, 6.07) is 0. The van der Waals surface area contributed by atoms with E-state index >= 15 is 0 Å². The minimum Gasteiger partial charge on any atom is -0.378 e. The highest BCUT2D eigenvalue weighted by Gasteiger charge is 2.32. The molecule has 142 valence electrons. The molecule has 2 aliphatic rings. The fraction of sp³-hybridized carbons (Fsp3) is 0.526. The monoisotopic (exact) mass is 402 g/mol. The summed E-state index contributed by atoms with van der Waals surface area (Å²) in [4.78, 5) is 16.6. The summed E-state index contributed by atoms with van der Waals surface area (Å²) in [7, 11) is 0. The Balaban J connectivity index is 1.84. The summed E-state index contributed by atoms with van der Waals surface area (Å²) in [5.41, 5.74) is 3.20. The van der Waals surface area contributed by atoms with Crippen LogP contribution in [0.3, 0.4) is 0 Å². The molecule has 0 amide bonds. The van der Waals surface area contributed by atoms with E-state index in [0.717, 1.165) is 59.5 Å². The van der Waals surface area contributed by atoms with Crippen LogP contribution in [0.5, 0.6) is 0 Å². The van der Waals surface area contributed by atoms with Crippen molar-refractivity contribution in [2.75, 3.05) is 37.5 Å². The smallest absolute Gasteiger partial charge is 0.147 e. The molecule has 0 aromatic carbocycles. The average molecular weight is 403 g/mol. The quantitative estimate of drug-likeness (QED) is 0.479. The number of nitrogens with zero attached hydrogens (tertiary/aromatic N) is 4. The summed E-state index contributed by atoms with van der Waals surface area (Å²) in [5.74, 6) is 1.05. The molecule has 5 heterocycles. The predicted molar refractivity (Wildman–Crippen MR) is 110 cm³/mol. The topological polar surface area (TPSA) is 60.4 Å². The zero-order valence-electron chi connectivity index (χ0n) is 15.7. The van der Waals surface area contributed by atoms with Crippen molar-refractivity contribution in [1.29, 1.82) is 0 Å². The second kappa shape index (κ2) is 6.55. The van der Waals surface area contributed by atoms with Crippen molar-refractivity contribution in [2.24, 2.45) is 0 Å². The van der Waals surface area contributed by atoms with E-state index in [2.05, 4.69) is 30.0 Å². The van der Waals surface area contributed by atoms with Gasteiger partial charge in [-0.2, -0.15) is 0 Å². The maximum absolute atomic E-state index is 6.08. The molecule has 27 heavy (non-hydrogen) atoms. The number of aromatic nitrogens is 3. The molecule has 0 spiro atoms. The van der Waals surface area contributed by atoms with Gasteiger partial charge in [-0.15, -0.1) is 23.1 Å². The third-order valence-electron chi connectivity index (χ3n) is 5.24. The third-order valence-corrected chi connectivity index (χ3v) is 7.25. The Morgan fingerprint density at radius 1 is 1.19 bits per heavy atom. The van der Waals surface area contributed by atoms with Gasteiger partial charge in [0.25, 0.3) is 0 Å². The number of rotatable bonds is 2. The zero-order chi connectivity index (χ0) is 18.6. The Kier molecular flexibility index (Phi) is 4.27. The van der Waals surface area contributed by atoms with Crippen LogP contribution in [0, 0.1) is 0 Å². The van der Waals surface area contributed by atoms with Gasteiger partial charge in [-0.3, -0.25) is 0 Å². The van der Waals surface area contributed by atoms with Gasteiger partial charge in [-0.25, -0.2) is 15.0 Å². The molecule has 6 nitrogen and oxygen atoms in total. The lowest BCUT2D eigenvalue weighted by Gasteiger charge is -2.34. The molecule has 3 aromatic heterocycles. The van der Waals surface area contributed by atoms with E-state index < -0.39 is 0 Å². The second-order valence-corrected chi connectivity index (χ2v) is 9.37. The second-order valence-electron chi connectivity index (χ2n) is 7.55. The standard InChI is InChI=1S/C19H22N4O2S2/c1-19(2)8-11-12(9-25-19)22-17(23-4-6-24-7-5-23)15-13(11)14-16(27-15)18(26-3)21-10-20-14/h10H,4-9H2,1-3H3. The van der Waals surface area contributed by atoms with Gasteiger partial charge in [-0.1, -0.05) is 0 Å². The molecule has 0 saturated carbocycles. The highest BCUT2D eigenvalue weighted by molar-refractivity contribution is 7.98. The molecule has 2 aliphatic heterocycles. The van der Waals surface area contributed by atoms with Crippen LogP contribution in [0.15, 0.2) is 11.4 Å². The van der Waals surface area contributed by atoms with Gasteiger partial charge in [0.05, 0.1) is 46.0 Å². The van der Waals surface area contributed by atoms with Crippen LogP contribution in [0.2, 0.25) is 0 Å². The van der Waals surface area contributed by atoms with E-state index in [0.29, 0.717) is 6.61 Å². The number of anilines is 1. The number of thioether (sulfide) groups is 1. The van der Waals surface area contributed by atoms with Crippen LogP contribution in [-0.2, 0) is 22.5 Å². The first kappa shape index (κ1) is 17.6. The SMILES string of the molecule is CSc1ncnc2c1sc1c(N3CCOCC3)nc3c(c12)CC(C)(C)OC3. The fourth-order valence-corrected chi connectivity index (χ4v) is 5.89. The van der Waals surface area contributed by atoms with Gasteiger partial charge in [0.15, 0.2) is 0 Å². The third kappa shape index (κ3) is 2.90. The molecule has 1 saturated heterocycles. The van der Waals surface area contributed by atoms with Crippen LogP contribution >= 0.6 is 23.1 Å². The predicted octanol–water partition coefficient (Wildman–Crippen LogP) is 3.65. The first-order chi connectivity index (χ1) is 13.1. The van der Waals surface area contributed by atoms with Crippen LogP contribution < -0.4 is 4.90 Å². The molecule has 0 atom stereocenters. The Morgan fingerprint density at radius 3 is 2.78 bits per heavy atom. The van der Waals surface area contributed by atoms with Crippen molar-refractivity contribution in [1.82, 2.24) is 15.0 Å². The van der Waals surface area contributed by atoms with Crippen molar-refractivity contribution < 1.29 is 9.47 Å². The Bertz CT molecular complexity index is 1030. The number of fused-ring (bicyclic) bond motifs is 5. The van der Waals surface area contributed by atoms with E-state index in [-0.39, 0.29) is 5.60 Å². The molecule has 0 radical (unpaired) electrons. The Morgan fingerprint density at radius 2 is 2.00 bits per heavy atom. The summed E-state index contributed by atoms with van der Waals surface area (Å²) in [6.45, 7) is 8.05. The largest absolute Gasteiger partial charge is 0.378 e. The number of hydrogen-bond donors (Lipinski definition) is 0. The lowest BCUT2D eigenvalue weighted by Crippen LogP contribution is -2.38. The lowest BCUT2D eigenvalue weighted by atomic mass is 9.92. The van der Waals surface area contributed by atoms with Gasteiger partial charge in [-0.05, 0) is 25.7 Å². The van der Waals surface area contributed by atoms with E-state index in [1.165, 1.54) is 15.6 Å². The van der Waals surface area contributed by atoms with Gasteiger partial charge in [0.2, 0.25) is 0 Å². The van der Waals surface area contributed by atoms with Gasteiger partial charge in [0.1, 0.15) is 17.2 Å². The van der Waals surface area contributed by atoms with Crippen molar-refractivity contribution >= 4 is 49.2 Å². The van der Waals surface area contributed by atoms with Crippen molar-refractivity contribution in [3.05, 3.63) is 17.6 Å². The molecule has 1 fully saturated rings. The van der Waals surface area contributed by atoms with Crippen LogP contribution in [0.25, 0.3) is 20.3 Å². The number of pyridine rings is 1. The Labute approximate surface area is 166 Å². The van der Waals surface area contributed by atoms with Crippen molar-refractivity contribution in [3.8, 4) is 0 Å². The molecular weight excluding hydrogens is 380 g/mol. The number of thiophene rings is 1. The van der Waals surface area contributed by atoms with Crippen molar-refractivity contribution in [2.45, 2.75) is 37.5 Å². The summed E-state index contributed by atoms with van der Waals surface area (Å²) in [5, 5.41) is 2.28. The molecule has 0 unspecified atom stereocenters. The van der Waals surface area contributed by atoms with E-state index in [4.69, 9.17) is 19.4 Å². The van der Waals surface area contributed by atoms with Crippen LogP contribution in [-0.4, -0.2) is 53.1 Å². The number of morpholine rings is 1. The lowest BCUT2D eigenvalue weighted by molar-refractivity contribution is -0.0415. The van der Waals surface area contributed by atoms with E-state index in [1.54, 1.807) is 29.4 Å². The average Bonchev–Trinajstić information content (AvgIpc) is 3.07. The molecule has 0 N–H and O–H groups in total. The summed E-state index contributed by atoms with van der Waals surface area (Å²) >= 11 is 3.45. The first-order valence-electron chi connectivity index (χ1n) is 9.17. The molecule has 0 aliphatic carbocycles. The maximum atomic E-state index is 6.08. The summed E-state index contributed by atoms with van der Waals surface area (Å²) in [6.07, 6.45) is 4.60. The first-order valence-corrected chi connectivity index (χ1v) is 11.2. The van der Waals surface area contributed by atoms with Gasteiger partial charge in [0, 0.05) is 24.9 Å². The number of hydrogen-bond acceptors (Lipinski definition) is 8. The zero-order valence-corrected chi connectivity index (χ0v) is 17.4. The van der Waals surface area contributed by atoms with Crippen LogP contribution in [0.1, 0.15) is 25.1 Å². The molecule has 3 aromatic rings. The van der Waals surface area contributed by atoms with E-state index in [9.17, 15) is 0 Å². The highest BCUT2D eigenvalue weighted by Crippen LogP contribution is 2.45. The molecule has 5 rings (SSSR count). The van der Waals surface area contributed by atoms with Crippen LogP contribution in [0.4, 0.5) is 5.82 Å². The molecular formula is C19H22N4O2S2. The summed E-state index contributed by atoms with van der Waals surface area (Å²) < 4.78 is 14.0. The highest BCUT2D eigenvalue weighted by atomic mass is 32.2. The van der Waals surface area contributed by atoms with Gasteiger partial charge < -0.3 is 14.4 Å². The molecule has 0 bridgehead atoms.